The fourth-order valence-corrected chi connectivity index (χ4v) is 5.84. The first-order valence-electron chi connectivity index (χ1n) is 11.8. The summed E-state index contributed by atoms with van der Waals surface area (Å²) < 4.78 is 1.98. The molecule has 0 unspecified atom stereocenters. The second-order valence-electron chi connectivity index (χ2n) is 8.97. The number of nitrogens with one attached hydrogen (secondary N) is 1. The van der Waals surface area contributed by atoms with Crippen molar-refractivity contribution in [1.29, 1.82) is 0 Å². The smallest absolute Gasteiger partial charge is 0.223 e. The number of hydrogen-bond acceptors (Lipinski definition) is 8. The lowest BCUT2D eigenvalue weighted by molar-refractivity contribution is -0.114. The number of aromatic nitrogens is 5. The van der Waals surface area contributed by atoms with Gasteiger partial charge in [-0.3, -0.25) is 9.78 Å². The molecule has 1 fully saturated rings. The van der Waals surface area contributed by atoms with Crippen LogP contribution < -0.4 is 10.2 Å². The van der Waals surface area contributed by atoms with E-state index in [1.807, 2.05) is 29.2 Å². The van der Waals surface area contributed by atoms with E-state index < -0.39 is 0 Å². The average molecular weight is 487 g/mol. The Morgan fingerprint density at radius 2 is 1.94 bits per heavy atom. The monoisotopic (exact) mass is 486 g/mol. The van der Waals surface area contributed by atoms with Gasteiger partial charge in [0, 0.05) is 56.6 Å². The van der Waals surface area contributed by atoms with E-state index in [0.717, 1.165) is 78.0 Å². The molecule has 35 heavy (non-hydrogen) atoms. The third-order valence-electron chi connectivity index (χ3n) is 6.53. The van der Waals surface area contributed by atoms with Gasteiger partial charge < -0.3 is 15.1 Å². The van der Waals surface area contributed by atoms with Crippen LogP contribution in [0.5, 0.6) is 0 Å². The summed E-state index contributed by atoms with van der Waals surface area (Å²) in [4.78, 5) is 31.2. The molecule has 5 heterocycles. The van der Waals surface area contributed by atoms with Gasteiger partial charge in [-0.15, -0.1) is 0 Å². The van der Waals surface area contributed by atoms with Gasteiger partial charge in [-0.2, -0.15) is 5.10 Å². The fraction of sp³-hybridized carbons (Fsp3) is 0.320. The lowest BCUT2D eigenvalue weighted by Gasteiger charge is -2.33. The third kappa shape index (κ3) is 4.08. The second-order valence-corrected chi connectivity index (χ2v) is 9.97. The topological polar surface area (TPSA) is 92.1 Å². The summed E-state index contributed by atoms with van der Waals surface area (Å²) in [6, 6.07) is 8.14. The molecule has 1 amide bonds. The molecular weight excluding hydrogens is 460 g/mol. The minimum atomic E-state index is -0.121. The minimum absolute atomic E-state index is 0.121. The van der Waals surface area contributed by atoms with Gasteiger partial charge in [0.25, 0.3) is 0 Å². The number of hydrogen-bond donors (Lipinski definition) is 1. The number of fused-ring (bicyclic) bond motifs is 3. The Balaban J connectivity index is 1.44. The van der Waals surface area contributed by atoms with E-state index in [0.29, 0.717) is 5.13 Å². The van der Waals surface area contributed by atoms with E-state index in [9.17, 15) is 4.79 Å². The van der Waals surface area contributed by atoms with Gasteiger partial charge in [-0.25, -0.2) is 14.6 Å². The van der Waals surface area contributed by atoms with Crippen LogP contribution in [0.15, 0.2) is 42.9 Å². The summed E-state index contributed by atoms with van der Waals surface area (Å²) in [6.45, 7) is 5.53. The number of thiazole rings is 1. The molecule has 178 valence electrons. The van der Waals surface area contributed by atoms with Gasteiger partial charge in [0.1, 0.15) is 5.82 Å². The molecule has 0 bridgehead atoms. The average Bonchev–Trinajstić information content (AvgIpc) is 3.46. The van der Waals surface area contributed by atoms with Crippen molar-refractivity contribution in [2.45, 2.75) is 19.8 Å². The Morgan fingerprint density at radius 1 is 1.09 bits per heavy atom. The lowest BCUT2D eigenvalue weighted by Crippen LogP contribution is -2.44. The van der Waals surface area contributed by atoms with Crippen molar-refractivity contribution in [3.63, 3.8) is 0 Å². The van der Waals surface area contributed by atoms with Crippen LogP contribution >= 0.6 is 11.3 Å². The zero-order chi connectivity index (χ0) is 23.9. The highest BCUT2D eigenvalue weighted by Crippen LogP contribution is 2.44. The normalized spacial score (nSPS) is 15.5. The second kappa shape index (κ2) is 8.86. The molecule has 10 heteroatoms. The Hall–Kier alpha value is -3.63. The van der Waals surface area contributed by atoms with E-state index in [4.69, 9.17) is 15.1 Å². The van der Waals surface area contributed by atoms with Crippen LogP contribution in [0.25, 0.3) is 27.5 Å². The number of amides is 1. The number of carbonyl (C=O) groups excluding carboxylic acids is 1. The fourth-order valence-electron chi connectivity index (χ4n) is 4.72. The maximum Gasteiger partial charge on any atom is 0.223 e. The molecule has 0 aromatic carbocycles. The predicted molar refractivity (Wildman–Crippen MR) is 137 cm³/mol. The van der Waals surface area contributed by atoms with Crippen molar-refractivity contribution in [1.82, 2.24) is 29.6 Å². The maximum absolute atomic E-state index is 11.6. The van der Waals surface area contributed by atoms with Crippen LogP contribution in [0, 0.1) is 0 Å². The number of anilines is 2. The molecule has 4 aromatic rings. The zero-order valence-corrected chi connectivity index (χ0v) is 20.5. The molecular formula is C25H26N8OS. The van der Waals surface area contributed by atoms with Crippen molar-refractivity contribution < 1.29 is 4.79 Å². The van der Waals surface area contributed by atoms with Gasteiger partial charge >= 0.3 is 0 Å². The Morgan fingerprint density at radius 3 is 2.66 bits per heavy atom. The van der Waals surface area contributed by atoms with Crippen molar-refractivity contribution >= 4 is 28.2 Å². The number of nitrogens with zero attached hydrogens (tertiary/aromatic N) is 7. The Bertz CT molecular complexity index is 1370. The van der Waals surface area contributed by atoms with E-state index in [1.165, 1.54) is 23.8 Å². The number of aryl methyl sites for hydroxylation is 1. The van der Waals surface area contributed by atoms with Gasteiger partial charge in [-0.1, -0.05) is 11.3 Å². The van der Waals surface area contributed by atoms with Crippen LogP contribution in [0.3, 0.4) is 0 Å². The summed E-state index contributed by atoms with van der Waals surface area (Å²) in [5, 5.41) is 8.53. The third-order valence-corrected chi connectivity index (χ3v) is 7.55. The number of pyridine rings is 2. The standard InChI is InChI=1S/C25H26N8OS/c1-16(34)28-25-29-20-7-6-19-22(17-4-3-9-26-14-17)30-33(23(19)24(20)35-25)18-5-8-21(27-15-18)32-12-10-31(2)11-13-32/h3-5,8-9,14-15H,6-7,10-13H2,1-2H3,(H,28,29,34). The van der Waals surface area contributed by atoms with Crippen LogP contribution in [0.1, 0.15) is 18.2 Å². The summed E-state index contributed by atoms with van der Waals surface area (Å²) in [7, 11) is 2.15. The first-order chi connectivity index (χ1) is 17.1. The highest BCUT2D eigenvalue weighted by Gasteiger charge is 2.30. The number of likely N-dealkylation sites (N-methyl/N-ethyl adjacent to an activating group) is 1. The summed E-state index contributed by atoms with van der Waals surface area (Å²) in [6.07, 6.45) is 7.15. The molecule has 9 nitrogen and oxygen atoms in total. The van der Waals surface area contributed by atoms with Crippen molar-refractivity contribution in [2.75, 3.05) is 43.4 Å². The molecule has 0 saturated carbocycles. The van der Waals surface area contributed by atoms with E-state index >= 15 is 0 Å². The first-order valence-corrected chi connectivity index (χ1v) is 12.6. The summed E-state index contributed by atoms with van der Waals surface area (Å²) >= 11 is 1.50. The molecule has 1 aliphatic carbocycles. The molecule has 1 N–H and O–H groups in total. The minimum Gasteiger partial charge on any atom is -0.354 e. The van der Waals surface area contributed by atoms with Crippen LogP contribution in [0.2, 0.25) is 0 Å². The molecule has 0 atom stereocenters. The predicted octanol–water partition coefficient (Wildman–Crippen LogP) is 3.26. The molecule has 0 spiro atoms. The highest BCUT2D eigenvalue weighted by molar-refractivity contribution is 7.19. The molecule has 0 radical (unpaired) electrons. The van der Waals surface area contributed by atoms with Gasteiger partial charge in [0.2, 0.25) is 5.91 Å². The molecule has 1 aliphatic heterocycles. The molecule has 4 aromatic heterocycles. The largest absolute Gasteiger partial charge is 0.354 e. The van der Waals surface area contributed by atoms with Crippen molar-refractivity contribution in [3.05, 3.63) is 54.1 Å². The van der Waals surface area contributed by atoms with Crippen LogP contribution in [-0.2, 0) is 17.6 Å². The summed E-state index contributed by atoms with van der Waals surface area (Å²) in [5.41, 5.74) is 6.00. The number of rotatable bonds is 4. The highest BCUT2D eigenvalue weighted by atomic mass is 32.1. The van der Waals surface area contributed by atoms with Gasteiger partial charge in [0.05, 0.1) is 33.8 Å². The summed E-state index contributed by atoms with van der Waals surface area (Å²) in [5.74, 6) is 0.867. The molecule has 6 rings (SSSR count). The van der Waals surface area contributed by atoms with Crippen LogP contribution in [0.4, 0.5) is 10.9 Å². The number of piperazine rings is 1. The molecule has 2 aliphatic rings. The SMILES string of the molecule is CC(=O)Nc1nc2c(s1)-c1c(c(-c3cccnc3)nn1-c1ccc(N3CCN(C)CC3)nc1)CC2. The van der Waals surface area contributed by atoms with E-state index in [-0.39, 0.29) is 5.91 Å². The first kappa shape index (κ1) is 21.9. The van der Waals surface area contributed by atoms with E-state index in [1.54, 1.807) is 6.20 Å². The van der Waals surface area contributed by atoms with Gasteiger partial charge in [0.15, 0.2) is 5.13 Å². The zero-order valence-electron chi connectivity index (χ0n) is 19.7. The van der Waals surface area contributed by atoms with Crippen molar-refractivity contribution in [2.24, 2.45) is 0 Å². The van der Waals surface area contributed by atoms with E-state index in [2.05, 4.69) is 39.3 Å². The van der Waals surface area contributed by atoms with Crippen LogP contribution in [-0.4, -0.2) is 68.8 Å². The Labute approximate surface area is 207 Å². The quantitative estimate of drug-likeness (QED) is 0.473. The van der Waals surface area contributed by atoms with Gasteiger partial charge in [-0.05, 0) is 44.2 Å². The lowest BCUT2D eigenvalue weighted by atomic mass is 9.95. The Kier molecular flexibility index (Phi) is 5.54. The maximum atomic E-state index is 11.6. The molecule has 1 saturated heterocycles. The number of carbonyl (C=O) groups is 1. The van der Waals surface area contributed by atoms with Crippen molar-refractivity contribution in [3.8, 4) is 27.5 Å².